The summed E-state index contributed by atoms with van der Waals surface area (Å²) in [7, 11) is 0. The summed E-state index contributed by atoms with van der Waals surface area (Å²) in [5.41, 5.74) is 3.70. The Morgan fingerprint density at radius 1 is 1.14 bits per heavy atom. The van der Waals surface area contributed by atoms with Crippen LogP contribution in [0.1, 0.15) is 31.9 Å². The van der Waals surface area contributed by atoms with Gasteiger partial charge in [-0.15, -0.1) is 0 Å². The fourth-order valence-electron chi connectivity index (χ4n) is 2.27. The van der Waals surface area contributed by atoms with Crippen LogP contribution in [0.3, 0.4) is 0 Å². The summed E-state index contributed by atoms with van der Waals surface area (Å²) in [5, 5.41) is 0. The van der Waals surface area contributed by atoms with Gasteiger partial charge in [-0.3, -0.25) is 5.84 Å². The molecule has 3 N–H and O–H groups in total. The van der Waals surface area contributed by atoms with Crippen molar-refractivity contribution in [3.8, 4) is 11.5 Å². The van der Waals surface area contributed by atoms with Crippen LogP contribution in [0.25, 0.3) is 0 Å². The molecule has 0 aromatic heterocycles. The van der Waals surface area contributed by atoms with E-state index in [9.17, 15) is 0 Å². The molecule has 1 aromatic rings. The van der Waals surface area contributed by atoms with Gasteiger partial charge in [0.05, 0.1) is 19.3 Å². The lowest BCUT2D eigenvalue weighted by atomic mass is 10.1. The van der Waals surface area contributed by atoms with Gasteiger partial charge in [0.15, 0.2) is 17.8 Å². The SMILES string of the molecule is CCOC(OCC)C(NN)c1ccc2c(c1)OCCCO2. The molecular weight excluding hydrogens is 272 g/mol. The summed E-state index contributed by atoms with van der Waals surface area (Å²) in [6, 6.07) is 5.50. The Balaban J connectivity index is 2.22. The van der Waals surface area contributed by atoms with E-state index in [2.05, 4.69) is 5.43 Å². The number of benzene rings is 1. The molecule has 0 fully saturated rings. The van der Waals surface area contributed by atoms with Crippen LogP contribution in [-0.2, 0) is 9.47 Å². The van der Waals surface area contributed by atoms with Crippen molar-refractivity contribution >= 4 is 0 Å². The Hall–Kier alpha value is -1.34. The highest BCUT2D eigenvalue weighted by atomic mass is 16.7. The Kier molecular flexibility index (Phi) is 6.25. The monoisotopic (exact) mass is 296 g/mol. The van der Waals surface area contributed by atoms with E-state index in [1.165, 1.54) is 0 Å². The first kappa shape index (κ1) is 16.0. The maximum atomic E-state index is 5.71. The molecule has 0 saturated heterocycles. The molecule has 0 bridgehead atoms. The standard InChI is InChI=1S/C15H24N2O4/c1-3-18-15(19-4-2)14(17-16)11-6-7-12-13(10-11)21-9-5-8-20-12/h6-7,10,14-15,17H,3-5,8-9,16H2,1-2H3. The molecule has 0 aliphatic carbocycles. The number of nitrogens with two attached hydrogens (primary N) is 1. The minimum Gasteiger partial charge on any atom is -0.490 e. The fraction of sp³-hybridized carbons (Fsp3) is 0.600. The van der Waals surface area contributed by atoms with Gasteiger partial charge in [0.25, 0.3) is 0 Å². The highest BCUT2D eigenvalue weighted by Gasteiger charge is 2.24. The molecule has 2 rings (SSSR count). The van der Waals surface area contributed by atoms with Crippen molar-refractivity contribution in [2.75, 3.05) is 26.4 Å². The Bertz CT molecular complexity index is 436. The van der Waals surface area contributed by atoms with Crippen molar-refractivity contribution in [1.29, 1.82) is 0 Å². The lowest BCUT2D eigenvalue weighted by Gasteiger charge is -2.26. The normalized spacial score (nSPS) is 15.8. The van der Waals surface area contributed by atoms with Crippen LogP contribution in [0.2, 0.25) is 0 Å². The lowest BCUT2D eigenvalue weighted by Crippen LogP contribution is -2.39. The van der Waals surface area contributed by atoms with E-state index in [1.807, 2.05) is 32.0 Å². The number of rotatable bonds is 7. The van der Waals surface area contributed by atoms with Crippen LogP contribution in [-0.4, -0.2) is 32.7 Å². The molecule has 1 aromatic carbocycles. The van der Waals surface area contributed by atoms with Crippen LogP contribution in [0.5, 0.6) is 11.5 Å². The molecule has 21 heavy (non-hydrogen) atoms. The second-order valence-electron chi connectivity index (χ2n) is 4.68. The van der Waals surface area contributed by atoms with Crippen molar-refractivity contribution < 1.29 is 18.9 Å². The molecular formula is C15H24N2O4. The van der Waals surface area contributed by atoms with Crippen molar-refractivity contribution in [1.82, 2.24) is 5.43 Å². The molecule has 1 aliphatic heterocycles. The molecule has 0 amide bonds. The number of hydrogen-bond donors (Lipinski definition) is 2. The molecule has 0 spiro atoms. The van der Waals surface area contributed by atoms with Gasteiger partial charge in [-0.05, 0) is 31.5 Å². The molecule has 0 saturated carbocycles. The smallest absolute Gasteiger partial charge is 0.178 e. The summed E-state index contributed by atoms with van der Waals surface area (Å²) >= 11 is 0. The molecule has 0 radical (unpaired) electrons. The topological polar surface area (TPSA) is 75.0 Å². The predicted molar refractivity (Wildman–Crippen MR) is 79.2 cm³/mol. The van der Waals surface area contributed by atoms with E-state index < -0.39 is 6.29 Å². The third-order valence-corrected chi connectivity index (χ3v) is 3.24. The van der Waals surface area contributed by atoms with E-state index in [1.54, 1.807) is 0 Å². The summed E-state index contributed by atoms with van der Waals surface area (Å²) in [6.07, 6.45) is 0.429. The maximum absolute atomic E-state index is 5.71. The van der Waals surface area contributed by atoms with Gasteiger partial charge in [-0.1, -0.05) is 6.07 Å². The van der Waals surface area contributed by atoms with Gasteiger partial charge in [-0.2, -0.15) is 0 Å². The second kappa shape index (κ2) is 8.19. The Labute approximate surface area is 125 Å². The van der Waals surface area contributed by atoms with Crippen LogP contribution in [0.15, 0.2) is 18.2 Å². The largest absolute Gasteiger partial charge is 0.490 e. The molecule has 1 aliphatic rings. The Morgan fingerprint density at radius 3 is 2.43 bits per heavy atom. The quantitative estimate of drug-likeness (QED) is 0.453. The van der Waals surface area contributed by atoms with E-state index >= 15 is 0 Å². The minimum atomic E-state index is -0.449. The Morgan fingerprint density at radius 2 is 1.81 bits per heavy atom. The number of nitrogens with one attached hydrogen (secondary N) is 1. The zero-order valence-electron chi connectivity index (χ0n) is 12.6. The summed E-state index contributed by atoms with van der Waals surface area (Å²) < 4.78 is 22.6. The van der Waals surface area contributed by atoms with Gasteiger partial charge in [-0.25, -0.2) is 5.43 Å². The van der Waals surface area contributed by atoms with E-state index in [0.29, 0.717) is 26.4 Å². The zero-order valence-corrected chi connectivity index (χ0v) is 12.6. The molecule has 1 atom stereocenters. The molecule has 6 heteroatoms. The fourth-order valence-corrected chi connectivity index (χ4v) is 2.27. The summed E-state index contributed by atoms with van der Waals surface area (Å²) in [6.45, 7) is 6.27. The van der Waals surface area contributed by atoms with E-state index in [0.717, 1.165) is 23.5 Å². The average molecular weight is 296 g/mol. The second-order valence-corrected chi connectivity index (χ2v) is 4.68. The number of hydrazine groups is 1. The molecule has 1 heterocycles. The van der Waals surface area contributed by atoms with Gasteiger partial charge in [0.1, 0.15) is 0 Å². The van der Waals surface area contributed by atoms with Gasteiger partial charge in [0.2, 0.25) is 0 Å². The predicted octanol–water partition coefficient (Wildman–Crippen LogP) is 1.75. The van der Waals surface area contributed by atoms with Crippen molar-refractivity contribution in [3.05, 3.63) is 23.8 Å². The minimum absolute atomic E-state index is 0.276. The highest BCUT2D eigenvalue weighted by Crippen LogP contribution is 2.33. The summed E-state index contributed by atoms with van der Waals surface area (Å²) in [4.78, 5) is 0. The molecule has 6 nitrogen and oxygen atoms in total. The van der Waals surface area contributed by atoms with Gasteiger partial charge in [0, 0.05) is 19.6 Å². The van der Waals surface area contributed by atoms with Crippen molar-refractivity contribution in [2.24, 2.45) is 5.84 Å². The third-order valence-electron chi connectivity index (χ3n) is 3.24. The number of ether oxygens (including phenoxy) is 4. The first-order valence-electron chi connectivity index (χ1n) is 7.39. The van der Waals surface area contributed by atoms with Crippen LogP contribution in [0.4, 0.5) is 0 Å². The summed E-state index contributed by atoms with van der Waals surface area (Å²) in [5.74, 6) is 7.18. The van der Waals surface area contributed by atoms with Crippen LogP contribution >= 0.6 is 0 Å². The average Bonchev–Trinajstić information content (AvgIpc) is 2.73. The van der Waals surface area contributed by atoms with Crippen LogP contribution < -0.4 is 20.7 Å². The van der Waals surface area contributed by atoms with Crippen molar-refractivity contribution in [2.45, 2.75) is 32.6 Å². The van der Waals surface area contributed by atoms with E-state index in [4.69, 9.17) is 24.8 Å². The van der Waals surface area contributed by atoms with Gasteiger partial charge < -0.3 is 18.9 Å². The zero-order chi connectivity index (χ0) is 15.1. The van der Waals surface area contributed by atoms with E-state index in [-0.39, 0.29) is 6.04 Å². The number of hydrogen-bond acceptors (Lipinski definition) is 6. The lowest BCUT2D eigenvalue weighted by molar-refractivity contribution is -0.155. The first-order chi connectivity index (χ1) is 10.3. The number of fused-ring (bicyclic) bond motifs is 1. The highest BCUT2D eigenvalue weighted by molar-refractivity contribution is 5.44. The van der Waals surface area contributed by atoms with Crippen LogP contribution in [0, 0.1) is 0 Å². The van der Waals surface area contributed by atoms with Gasteiger partial charge >= 0.3 is 0 Å². The van der Waals surface area contributed by atoms with Crippen molar-refractivity contribution in [3.63, 3.8) is 0 Å². The third kappa shape index (κ3) is 4.07. The maximum Gasteiger partial charge on any atom is 0.178 e. The molecule has 1 unspecified atom stereocenters. The first-order valence-corrected chi connectivity index (χ1v) is 7.39. The molecule has 118 valence electrons.